The highest BCUT2D eigenvalue weighted by atomic mass is 32.1. The molecule has 34 heavy (non-hydrogen) atoms. The number of methoxy groups -OCH3 is 2. The van der Waals surface area contributed by atoms with E-state index in [1.807, 2.05) is 49.9 Å². The first-order chi connectivity index (χ1) is 16.1. The Morgan fingerprint density at radius 3 is 1.97 bits per heavy atom. The summed E-state index contributed by atoms with van der Waals surface area (Å²) in [5.41, 5.74) is 1.74. The van der Waals surface area contributed by atoms with E-state index in [0.717, 1.165) is 24.5 Å². The second-order valence-electron chi connectivity index (χ2n) is 9.02. The van der Waals surface area contributed by atoms with Crippen LogP contribution in [0.1, 0.15) is 31.1 Å². The smallest absolute Gasteiger partial charge is 0.264 e. The van der Waals surface area contributed by atoms with E-state index in [0.29, 0.717) is 24.6 Å². The van der Waals surface area contributed by atoms with Crippen molar-refractivity contribution < 1.29 is 19.1 Å². The molecule has 0 bridgehead atoms. The Kier molecular flexibility index (Phi) is 7.98. The minimum absolute atomic E-state index is 0.167. The average Bonchev–Trinajstić information content (AvgIpc) is 2.82. The Morgan fingerprint density at radius 1 is 0.912 bits per heavy atom. The van der Waals surface area contributed by atoms with Crippen molar-refractivity contribution in [3.8, 4) is 11.5 Å². The van der Waals surface area contributed by atoms with Crippen molar-refractivity contribution in [2.24, 2.45) is 5.41 Å². The molecule has 1 aliphatic rings. The fraction of sp³-hybridized carbons (Fsp3) is 0.400. The van der Waals surface area contributed by atoms with Crippen molar-refractivity contribution in [2.45, 2.75) is 20.8 Å². The van der Waals surface area contributed by atoms with Gasteiger partial charge in [-0.1, -0.05) is 26.8 Å². The lowest BCUT2D eigenvalue weighted by atomic mass is 9.94. The van der Waals surface area contributed by atoms with Gasteiger partial charge in [0.25, 0.3) is 5.91 Å². The molecule has 2 N–H and O–H groups in total. The monoisotopic (exact) mass is 484 g/mol. The molecule has 8 nitrogen and oxygen atoms in total. The molecule has 0 radical (unpaired) electrons. The second kappa shape index (κ2) is 10.7. The SMILES string of the molecule is COc1cccc(OC)c1C(=O)NC(=S)Nc1ccc(N2CCN(C(=O)C(C)(C)C)CC2)cc1. The molecule has 0 atom stereocenters. The van der Waals surface area contributed by atoms with Crippen LogP contribution >= 0.6 is 12.2 Å². The minimum Gasteiger partial charge on any atom is -0.496 e. The number of hydrogen-bond donors (Lipinski definition) is 2. The number of thiocarbonyl (C=S) groups is 1. The maximum atomic E-state index is 12.8. The van der Waals surface area contributed by atoms with Crippen LogP contribution in [-0.4, -0.2) is 62.2 Å². The van der Waals surface area contributed by atoms with E-state index in [9.17, 15) is 9.59 Å². The lowest BCUT2D eigenvalue weighted by molar-refractivity contribution is -0.139. The predicted octanol–water partition coefficient (Wildman–Crippen LogP) is 3.53. The van der Waals surface area contributed by atoms with Gasteiger partial charge in [0.05, 0.1) is 14.2 Å². The van der Waals surface area contributed by atoms with Crippen molar-refractivity contribution in [3.05, 3.63) is 48.0 Å². The maximum Gasteiger partial charge on any atom is 0.264 e. The van der Waals surface area contributed by atoms with Crippen LogP contribution in [0, 0.1) is 5.41 Å². The zero-order valence-electron chi connectivity index (χ0n) is 20.3. The first-order valence-electron chi connectivity index (χ1n) is 11.1. The summed E-state index contributed by atoms with van der Waals surface area (Å²) in [4.78, 5) is 29.4. The topological polar surface area (TPSA) is 83.1 Å². The minimum atomic E-state index is -0.425. The molecule has 0 saturated carbocycles. The summed E-state index contributed by atoms with van der Waals surface area (Å²) in [7, 11) is 2.98. The molecule has 1 saturated heterocycles. The average molecular weight is 485 g/mol. The number of piperazine rings is 1. The van der Waals surface area contributed by atoms with Gasteiger partial charge in [0, 0.05) is 43.0 Å². The van der Waals surface area contributed by atoms with Crippen LogP contribution in [-0.2, 0) is 4.79 Å². The molecule has 182 valence electrons. The Balaban J connectivity index is 1.57. The van der Waals surface area contributed by atoms with E-state index in [1.54, 1.807) is 18.2 Å². The number of nitrogens with zero attached hydrogens (tertiary/aromatic N) is 2. The van der Waals surface area contributed by atoms with Gasteiger partial charge >= 0.3 is 0 Å². The van der Waals surface area contributed by atoms with Gasteiger partial charge in [0.1, 0.15) is 17.1 Å². The zero-order chi connectivity index (χ0) is 24.9. The number of carbonyl (C=O) groups is 2. The molecule has 0 spiro atoms. The number of ether oxygens (including phenoxy) is 2. The van der Waals surface area contributed by atoms with Gasteiger partial charge in [-0.2, -0.15) is 0 Å². The van der Waals surface area contributed by atoms with E-state index >= 15 is 0 Å². The van der Waals surface area contributed by atoms with Gasteiger partial charge in [-0.15, -0.1) is 0 Å². The highest BCUT2D eigenvalue weighted by Gasteiger charge is 2.29. The molecule has 0 unspecified atom stereocenters. The number of benzene rings is 2. The van der Waals surface area contributed by atoms with E-state index in [4.69, 9.17) is 21.7 Å². The third-order valence-corrected chi connectivity index (χ3v) is 5.78. The van der Waals surface area contributed by atoms with E-state index in [1.165, 1.54) is 14.2 Å². The molecule has 2 aromatic rings. The van der Waals surface area contributed by atoms with Crippen molar-refractivity contribution in [3.63, 3.8) is 0 Å². The number of anilines is 2. The fourth-order valence-electron chi connectivity index (χ4n) is 3.80. The van der Waals surface area contributed by atoms with Crippen LogP contribution in [0.15, 0.2) is 42.5 Å². The second-order valence-corrected chi connectivity index (χ2v) is 9.43. The van der Waals surface area contributed by atoms with Gasteiger partial charge in [-0.25, -0.2) is 0 Å². The molecular weight excluding hydrogens is 452 g/mol. The molecule has 1 aliphatic heterocycles. The molecule has 3 rings (SSSR count). The molecule has 1 fully saturated rings. The molecule has 2 aromatic carbocycles. The van der Waals surface area contributed by atoms with Crippen LogP contribution in [0.2, 0.25) is 0 Å². The summed E-state index contributed by atoms with van der Waals surface area (Å²) in [5.74, 6) is 0.556. The number of nitrogens with one attached hydrogen (secondary N) is 2. The summed E-state index contributed by atoms with van der Waals surface area (Å²) in [6.45, 7) is 8.83. The number of carbonyl (C=O) groups excluding carboxylic acids is 2. The number of amides is 2. The third-order valence-electron chi connectivity index (χ3n) is 5.58. The van der Waals surface area contributed by atoms with E-state index < -0.39 is 5.91 Å². The predicted molar refractivity (Wildman–Crippen MR) is 138 cm³/mol. The highest BCUT2D eigenvalue weighted by Crippen LogP contribution is 2.28. The molecule has 0 aliphatic carbocycles. The summed E-state index contributed by atoms with van der Waals surface area (Å²) in [6, 6.07) is 12.9. The Labute approximate surface area is 206 Å². The zero-order valence-corrected chi connectivity index (χ0v) is 21.1. The Hall–Kier alpha value is -3.33. The number of rotatable bonds is 5. The van der Waals surface area contributed by atoms with Gasteiger partial charge in [0.2, 0.25) is 5.91 Å². The van der Waals surface area contributed by atoms with Gasteiger partial charge in [0.15, 0.2) is 5.11 Å². The van der Waals surface area contributed by atoms with Crippen LogP contribution in [0.5, 0.6) is 11.5 Å². The Morgan fingerprint density at radius 2 is 1.47 bits per heavy atom. The van der Waals surface area contributed by atoms with Gasteiger partial charge < -0.3 is 24.6 Å². The fourth-order valence-corrected chi connectivity index (χ4v) is 4.01. The summed E-state index contributed by atoms with van der Waals surface area (Å²) < 4.78 is 10.6. The summed E-state index contributed by atoms with van der Waals surface area (Å²) in [5, 5.41) is 5.87. The highest BCUT2D eigenvalue weighted by molar-refractivity contribution is 7.80. The van der Waals surface area contributed by atoms with Gasteiger partial charge in [-0.3, -0.25) is 14.9 Å². The summed E-state index contributed by atoms with van der Waals surface area (Å²) >= 11 is 5.32. The number of hydrogen-bond acceptors (Lipinski definition) is 6. The molecular formula is C25H32N4O4S. The lowest BCUT2D eigenvalue weighted by Crippen LogP contribution is -2.51. The van der Waals surface area contributed by atoms with Crippen molar-refractivity contribution in [2.75, 3.05) is 50.6 Å². The van der Waals surface area contributed by atoms with Crippen molar-refractivity contribution in [1.29, 1.82) is 0 Å². The van der Waals surface area contributed by atoms with E-state index in [2.05, 4.69) is 15.5 Å². The largest absolute Gasteiger partial charge is 0.496 e. The Bertz CT molecular complexity index is 1020. The molecule has 1 heterocycles. The molecule has 0 aromatic heterocycles. The molecule has 2 amide bonds. The normalized spacial score (nSPS) is 13.8. The molecule has 9 heteroatoms. The lowest BCUT2D eigenvalue weighted by Gasteiger charge is -2.38. The third kappa shape index (κ3) is 5.96. The van der Waals surface area contributed by atoms with Crippen molar-refractivity contribution >= 4 is 40.5 Å². The van der Waals surface area contributed by atoms with Crippen molar-refractivity contribution in [1.82, 2.24) is 10.2 Å². The maximum absolute atomic E-state index is 12.8. The summed E-state index contributed by atoms with van der Waals surface area (Å²) in [6.07, 6.45) is 0. The van der Waals surface area contributed by atoms with Crippen LogP contribution in [0.3, 0.4) is 0 Å². The van der Waals surface area contributed by atoms with Gasteiger partial charge in [-0.05, 0) is 48.6 Å². The van der Waals surface area contributed by atoms with E-state index in [-0.39, 0.29) is 22.0 Å². The first-order valence-corrected chi connectivity index (χ1v) is 11.5. The van der Waals surface area contributed by atoms with Crippen LogP contribution < -0.4 is 25.0 Å². The quantitative estimate of drug-likeness (QED) is 0.629. The van der Waals surface area contributed by atoms with Crippen LogP contribution in [0.25, 0.3) is 0 Å². The first kappa shape index (κ1) is 25.3. The standard InChI is InChI=1S/C25H32N4O4S/c1-25(2,3)23(31)29-15-13-28(14-16-29)18-11-9-17(10-12-18)26-24(34)27-22(30)21-19(32-4)7-6-8-20(21)33-5/h6-12H,13-16H2,1-5H3,(H2,26,27,30,34). The van der Waals surface area contributed by atoms with Crippen LogP contribution in [0.4, 0.5) is 11.4 Å².